The molecule has 2 aliphatic rings. The van der Waals surface area contributed by atoms with Gasteiger partial charge < -0.3 is 24.4 Å². The zero-order valence-electron chi connectivity index (χ0n) is 21.0. The second kappa shape index (κ2) is 11.8. The Bertz CT molecular complexity index is 1010. The number of carbonyl (C=O) groups is 1. The maximum atomic E-state index is 12.4. The van der Waals surface area contributed by atoms with Crippen molar-refractivity contribution in [1.29, 1.82) is 0 Å². The first kappa shape index (κ1) is 25.3. The molecule has 2 aromatic heterocycles. The van der Waals surface area contributed by atoms with Crippen LogP contribution < -0.4 is 14.8 Å². The molecule has 190 valence electrons. The Morgan fingerprint density at radius 2 is 2.00 bits per heavy atom. The third-order valence-corrected chi connectivity index (χ3v) is 7.10. The quantitative estimate of drug-likeness (QED) is 0.500. The molecule has 0 spiro atoms. The van der Waals surface area contributed by atoms with Crippen LogP contribution in [0.2, 0.25) is 0 Å². The van der Waals surface area contributed by atoms with Crippen molar-refractivity contribution in [3.05, 3.63) is 29.8 Å². The number of ether oxygens (including phenoxy) is 3. The summed E-state index contributed by atoms with van der Waals surface area (Å²) >= 11 is 1.81. The molecule has 1 atom stereocenters. The number of pyridine rings is 1. The number of nitrogens with zero attached hydrogens (tertiary/aromatic N) is 4. The Kier molecular flexibility index (Phi) is 8.54. The van der Waals surface area contributed by atoms with Crippen LogP contribution in [0.1, 0.15) is 44.0 Å². The van der Waals surface area contributed by atoms with E-state index >= 15 is 0 Å². The molecule has 1 amide bonds. The van der Waals surface area contributed by atoms with Crippen molar-refractivity contribution in [3.8, 4) is 11.6 Å². The van der Waals surface area contributed by atoms with Crippen LogP contribution in [0.3, 0.4) is 0 Å². The number of nitrogens with one attached hydrogen (secondary N) is 1. The highest BCUT2D eigenvalue weighted by Gasteiger charge is 2.33. The maximum Gasteiger partial charge on any atom is 0.410 e. The predicted molar refractivity (Wildman–Crippen MR) is 137 cm³/mol. The molecule has 1 aliphatic carbocycles. The van der Waals surface area contributed by atoms with Crippen molar-refractivity contribution < 1.29 is 19.0 Å². The third kappa shape index (κ3) is 6.68. The molecule has 1 saturated carbocycles. The topological polar surface area (TPSA) is 98.7 Å². The number of hydrogen-bond acceptors (Lipinski definition) is 9. The molecule has 0 aromatic carbocycles. The summed E-state index contributed by atoms with van der Waals surface area (Å²) in [5, 5.41) is 3.31. The van der Waals surface area contributed by atoms with Gasteiger partial charge in [0.25, 0.3) is 5.88 Å². The summed E-state index contributed by atoms with van der Waals surface area (Å²) in [6.45, 7) is 5.14. The minimum Gasteiger partial charge on any atom is -0.489 e. The van der Waals surface area contributed by atoms with Gasteiger partial charge in [-0.25, -0.2) is 9.78 Å². The van der Waals surface area contributed by atoms with Gasteiger partial charge in [-0.3, -0.25) is 4.98 Å². The number of aryl methyl sites for hydroxylation is 2. The number of hydrogen-bond donors (Lipinski definition) is 1. The lowest BCUT2D eigenvalue weighted by Gasteiger charge is -2.32. The van der Waals surface area contributed by atoms with Gasteiger partial charge in [-0.2, -0.15) is 16.7 Å². The number of amides is 1. The maximum absolute atomic E-state index is 12.4. The summed E-state index contributed by atoms with van der Waals surface area (Å²) < 4.78 is 17.4. The second-order valence-corrected chi connectivity index (χ2v) is 10.1. The molecule has 1 aliphatic heterocycles. The molecule has 2 aromatic rings. The van der Waals surface area contributed by atoms with Crippen molar-refractivity contribution in [2.75, 3.05) is 37.5 Å². The Labute approximate surface area is 211 Å². The van der Waals surface area contributed by atoms with Crippen molar-refractivity contribution in [2.45, 2.75) is 58.2 Å². The lowest BCUT2D eigenvalue weighted by atomic mass is 10.1. The largest absolute Gasteiger partial charge is 0.489 e. The highest BCUT2D eigenvalue weighted by molar-refractivity contribution is 7.98. The van der Waals surface area contributed by atoms with Gasteiger partial charge in [-0.15, -0.1) is 0 Å². The van der Waals surface area contributed by atoms with E-state index in [2.05, 4.69) is 21.5 Å². The van der Waals surface area contributed by atoms with Gasteiger partial charge in [-0.05, 0) is 63.2 Å². The summed E-state index contributed by atoms with van der Waals surface area (Å²) in [6, 6.07) is 4.04. The lowest BCUT2D eigenvalue weighted by Crippen LogP contribution is -2.43. The van der Waals surface area contributed by atoms with Gasteiger partial charge in [0, 0.05) is 31.6 Å². The minimum atomic E-state index is -0.225. The molecule has 0 radical (unpaired) electrons. The molecule has 0 bridgehead atoms. The van der Waals surface area contributed by atoms with Crippen LogP contribution in [-0.4, -0.2) is 70.4 Å². The number of likely N-dealkylation sites (tertiary alicyclic amines) is 1. The van der Waals surface area contributed by atoms with Gasteiger partial charge in [0.15, 0.2) is 5.82 Å². The number of rotatable bonds is 10. The Hall–Kier alpha value is -2.75. The molecule has 3 heterocycles. The van der Waals surface area contributed by atoms with Crippen LogP contribution in [0, 0.1) is 12.8 Å². The molecule has 1 N–H and O–H groups in total. The van der Waals surface area contributed by atoms with Crippen molar-refractivity contribution in [1.82, 2.24) is 19.9 Å². The van der Waals surface area contributed by atoms with Gasteiger partial charge >= 0.3 is 6.09 Å². The first-order valence-electron chi connectivity index (χ1n) is 12.2. The van der Waals surface area contributed by atoms with Crippen molar-refractivity contribution >= 4 is 29.4 Å². The second-order valence-electron chi connectivity index (χ2n) is 9.09. The summed E-state index contributed by atoms with van der Waals surface area (Å²) in [5.74, 6) is 2.92. The number of methoxy groups -OCH3 is 1. The highest BCUT2D eigenvalue weighted by atomic mass is 32.2. The smallest absolute Gasteiger partial charge is 0.410 e. The molecule has 4 rings (SSSR count). The average Bonchev–Trinajstić information content (AvgIpc) is 3.71. The zero-order valence-corrected chi connectivity index (χ0v) is 21.8. The van der Waals surface area contributed by atoms with E-state index in [1.54, 1.807) is 12.0 Å². The summed E-state index contributed by atoms with van der Waals surface area (Å²) in [6.07, 6.45) is 7.90. The van der Waals surface area contributed by atoms with Crippen molar-refractivity contribution in [3.63, 3.8) is 0 Å². The summed E-state index contributed by atoms with van der Waals surface area (Å²) in [5.41, 5.74) is 2.81. The minimum absolute atomic E-state index is 0.00180. The van der Waals surface area contributed by atoms with Crippen LogP contribution in [0.25, 0.3) is 0 Å². The van der Waals surface area contributed by atoms with Gasteiger partial charge in [0.05, 0.1) is 18.5 Å². The van der Waals surface area contributed by atoms with E-state index in [1.165, 1.54) is 6.33 Å². The Morgan fingerprint density at radius 3 is 2.66 bits per heavy atom. The molecular formula is C25H35N5O4S. The SMILES string of the molecule is COc1c(Nc2ccc(CCSC)nc2C)ncnc1OC1CCN(C(=O)O[C@@H](C)C2CC2)CC1. The van der Waals surface area contributed by atoms with Crippen LogP contribution in [0.15, 0.2) is 18.5 Å². The first-order chi connectivity index (χ1) is 17.0. The van der Waals surface area contributed by atoms with Gasteiger partial charge in [0.2, 0.25) is 5.75 Å². The van der Waals surface area contributed by atoms with Crippen LogP contribution in [0.4, 0.5) is 16.3 Å². The van der Waals surface area contributed by atoms with Crippen LogP contribution in [0.5, 0.6) is 11.6 Å². The Balaban J connectivity index is 1.36. The summed E-state index contributed by atoms with van der Waals surface area (Å²) in [7, 11) is 1.58. The predicted octanol–water partition coefficient (Wildman–Crippen LogP) is 4.62. The molecule has 35 heavy (non-hydrogen) atoms. The number of carbonyl (C=O) groups excluding carboxylic acids is 1. The number of anilines is 2. The fourth-order valence-corrected chi connectivity index (χ4v) is 4.56. The van der Waals surface area contributed by atoms with Crippen LogP contribution in [-0.2, 0) is 11.2 Å². The normalized spacial score (nSPS) is 17.1. The van der Waals surface area contributed by atoms with Gasteiger partial charge in [0.1, 0.15) is 18.5 Å². The molecule has 1 saturated heterocycles. The molecule has 9 nitrogen and oxygen atoms in total. The Morgan fingerprint density at radius 1 is 1.23 bits per heavy atom. The number of piperidine rings is 1. The molecular weight excluding hydrogens is 466 g/mol. The fourth-order valence-electron chi connectivity index (χ4n) is 4.14. The van der Waals surface area contributed by atoms with E-state index in [-0.39, 0.29) is 18.3 Å². The third-order valence-electron chi connectivity index (χ3n) is 6.49. The van der Waals surface area contributed by atoms with E-state index in [0.29, 0.717) is 49.3 Å². The fraction of sp³-hybridized carbons (Fsp3) is 0.600. The van der Waals surface area contributed by atoms with E-state index < -0.39 is 0 Å². The first-order valence-corrected chi connectivity index (χ1v) is 13.6. The number of thioether (sulfide) groups is 1. The van der Waals surface area contributed by atoms with E-state index in [1.807, 2.05) is 37.7 Å². The molecule has 0 unspecified atom stereocenters. The van der Waals surface area contributed by atoms with E-state index in [0.717, 1.165) is 42.1 Å². The van der Waals surface area contributed by atoms with Crippen LogP contribution >= 0.6 is 11.8 Å². The van der Waals surface area contributed by atoms with E-state index in [4.69, 9.17) is 19.2 Å². The standard InChI is InChI=1S/C25H35N5O4S/c1-16-21(8-7-19(28-16)11-14-35-4)29-23-22(32-3)24(27-15-26-23)34-20-9-12-30(13-10-20)25(31)33-17(2)18-5-6-18/h7-8,15,17-18,20H,5-6,9-14H2,1-4H3,(H,26,27,29)/t17-/m0/s1. The highest BCUT2D eigenvalue weighted by Crippen LogP contribution is 2.36. The molecule has 2 fully saturated rings. The van der Waals surface area contributed by atoms with Crippen molar-refractivity contribution in [2.24, 2.45) is 5.92 Å². The average molecular weight is 502 g/mol. The number of aromatic nitrogens is 3. The van der Waals surface area contributed by atoms with E-state index in [9.17, 15) is 4.79 Å². The van der Waals surface area contributed by atoms with Gasteiger partial charge in [-0.1, -0.05) is 0 Å². The summed E-state index contributed by atoms with van der Waals surface area (Å²) in [4.78, 5) is 27.6. The zero-order chi connectivity index (χ0) is 24.8. The molecule has 10 heteroatoms. The monoisotopic (exact) mass is 501 g/mol. The lowest BCUT2D eigenvalue weighted by molar-refractivity contribution is 0.0397.